The number of carbonyl (C=O) groups is 1. The molecule has 21 heavy (non-hydrogen) atoms. The predicted molar refractivity (Wildman–Crippen MR) is 68.0 cm³/mol. The molecule has 0 spiro atoms. The number of aromatic nitrogens is 1. The Kier molecular flexibility index (Phi) is 4.59. The second-order valence-electron chi connectivity index (χ2n) is 4.90. The number of nitrogens with zero attached hydrogens (tertiary/aromatic N) is 1. The van der Waals surface area contributed by atoms with Crippen molar-refractivity contribution in [1.29, 1.82) is 0 Å². The van der Waals surface area contributed by atoms with Crippen LogP contribution in [-0.4, -0.2) is 17.4 Å². The number of alkyl halides is 3. The molecule has 1 aliphatic rings. The molecule has 3 nitrogen and oxygen atoms in total. The molecule has 7 heteroatoms. The Balaban J connectivity index is 2.12. The highest BCUT2D eigenvalue weighted by Gasteiger charge is 2.39. The minimum atomic E-state index is -4.94. The summed E-state index contributed by atoms with van der Waals surface area (Å²) in [6.45, 7) is 0.261. The van der Waals surface area contributed by atoms with E-state index < -0.39 is 29.0 Å². The highest BCUT2D eigenvalue weighted by molar-refractivity contribution is 5.95. The Morgan fingerprint density at radius 3 is 2.71 bits per heavy atom. The summed E-state index contributed by atoms with van der Waals surface area (Å²) >= 11 is 0. The number of pyridine rings is 1. The first-order valence-electron chi connectivity index (χ1n) is 6.53. The number of halogens is 4. The lowest BCUT2D eigenvalue weighted by atomic mass is 9.94. The molecular weight excluding hydrogens is 288 g/mol. The topological polar surface area (TPSA) is 42.0 Å². The Morgan fingerprint density at radius 1 is 1.33 bits per heavy atom. The summed E-state index contributed by atoms with van der Waals surface area (Å²) in [5.41, 5.74) is -2.35. The summed E-state index contributed by atoms with van der Waals surface area (Å²) in [5, 5.41) is 2.43. The van der Waals surface area contributed by atoms with Gasteiger partial charge in [-0.05, 0) is 25.2 Å². The Bertz CT molecular complexity index is 554. The van der Waals surface area contributed by atoms with Gasteiger partial charge in [-0.2, -0.15) is 13.2 Å². The monoisotopic (exact) mass is 302 g/mol. The van der Waals surface area contributed by atoms with Gasteiger partial charge in [0.05, 0.1) is 11.8 Å². The van der Waals surface area contributed by atoms with Gasteiger partial charge in [-0.3, -0.25) is 9.78 Å². The number of hydrogen-bond acceptors (Lipinski definition) is 2. The van der Waals surface area contributed by atoms with Crippen molar-refractivity contribution in [3.63, 3.8) is 0 Å². The molecule has 0 bridgehead atoms. The third-order valence-corrected chi connectivity index (χ3v) is 3.36. The minimum Gasteiger partial charge on any atom is -0.352 e. The van der Waals surface area contributed by atoms with Gasteiger partial charge in [-0.15, -0.1) is 0 Å². The van der Waals surface area contributed by atoms with E-state index in [2.05, 4.69) is 10.3 Å². The van der Waals surface area contributed by atoms with E-state index in [1.54, 1.807) is 0 Å². The summed E-state index contributed by atoms with van der Waals surface area (Å²) in [5.74, 6) is -2.31. The van der Waals surface area contributed by atoms with Gasteiger partial charge in [0, 0.05) is 12.7 Å². The first-order chi connectivity index (χ1) is 9.89. The van der Waals surface area contributed by atoms with E-state index in [1.807, 2.05) is 12.2 Å². The molecule has 0 aromatic carbocycles. The Labute approximate surface area is 119 Å². The average molecular weight is 302 g/mol. The highest BCUT2D eigenvalue weighted by atomic mass is 19.4. The van der Waals surface area contributed by atoms with Crippen LogP contribution in [0.3, 0.4) is 0 Å². The first-order valence-corrected chi connectivity index (χ1v) is 6.53. The van der Waals surface area contributed by atoms with Crippen molar-refractivity contribution in [2.24, 2.45) is 5.92 Å². The fourth-order valence-corrected chi connectivity index (χ4v) is 2.27. The zero-order valence-electron chi connectivity index (χ0n) is 11.1. The lowest BCUT2D eigenvalue weighted by Gasteiger charge is -2.19. The second kappa shape index (κ2) is 6.24. The number of allylic oxidation sites excluding steroid dienone is 2. The van der Waals surface area contributed by atoms with Gasteiger partial charge < -0.3 is 5.32 Å². The maximum absolute atomic E-state index is 13.3. The van der Waals surface area contributed by atoms with Crippen LogP contribution in [0.1, 0.15) is 35.2 Å². The SMILES string of the molecule is O=C(NCC1CC=CCC1)c1cncc(F)c1C(F)(F)F. The molecule has 0 saturated heterocycles. The molecular formula is C14H14F4N2O. The summed E-state index contributed by atoms with van der Waals surface area (Å²) in [6, 6.07) is 0. The molecule has 114 valence electrons. The van der Waals surface area contributed by atoms with Crippen LogP contribution in [0.5, 0.6) is 0 Å². The molecule has 0 fully saturated rings. The van der Waals surface area contributed by atoms with Crippen LogP contribution in [0.2, 0.25) is 0 Å². The molecule has 1 atom stereocenters. The third kappa shape index (κ3) is 3.80. The number of carbonyl (C=O) groups excluding carboxylic acids is 1. The van der Waals surface area contributed by atoms with Crippen LogP contribution in [0.25, 0.3) is 0 Å². The van der Waals surface area contributed by atoms with E-state index in [0.29, 0.717) is 6.20 Å². The van der Waals surface area contributed by atoms with Crippen molar-refractivity contribution < 1.29 is 22.4 Å². The Hall–Kier alpha value is -1.92. The summed E-state index contributed by atoms with van der Waals surface area (Å²) in [6.07, 6.45) is 2.77. The average Bonchev–Trinajstić information content (AvgIpc) is 2.44. The predicted octanol–water partition coefficient (Wildman–Crippen LogP) is 3.33. The van der Waals surface area contributed by atoms with Crippen molar-refractivity contribution in [2.75, 3.05) is 6.54 Å². The van der Waals surface area contributed by atoms with Crippen LogP contribution in [0.15, 0.2) is 24.5 Å². The maximum atomic E-state index is 13.3. The quantitative estimate of drug-likeness (QED) is 0.687. The van der Waals surface area contributed by atoms with Crippen molar-refractivity contribution in [1.82, 2.24) is 10.3 Å². The zero-order valence-corrected chi connectivity index (χ0v) is 11.1. The summed E-state index contributed by atoms with van der Waals surface area (Å²) in [4.78, 5) is 15.2. The van der Waals surface area contributed by atoms with Gasteiger partial charge >= 0.3 is 6.18 Å². The van der Waals surface area contributed by atoms with E-state index in [1.165, 1.54) is 0 Å². The first kappa shape index (κ1) is 15.5. The fraction of sp³-hybridized carbons (Fsp3) is 0.429. The van der Waals surface area contributed by atoms with Crippen molar-refractivity contribution in [2.45, 2.75) is 25.4 Å². The van der Waals surface area contributed by atoms with Gasteiger partial charge in [0.15, 0.2) is 5.82 Å². The molecule has 1 N–H and O–H groups in total. The van der Waals surface area contributed by atoms with Gasteiger partial charge in [0.1, 0.15) is 5.56 Å². The van der Waals surface area contributed by atoms with Crippen molar-refractivity contribution >= 4 is 5.91 Å². The molecule has 1 aliphatic carbocycles. The molecule has 1 heterocycles. The van der Waals surface area contributed by atoms with E-state index in [-0.39, 0.29) is 12.5 Å². The number of nitrogens with one attached hydrogen (secondary N) is 1. The second-order valence-corrected chi connectivity index (χ2v) is 4.90. The maximum Gasteiger partial charge on any atom is 0.420 e. The fourth-order valence-electron chi connectivity index (χ4n) is 2.27. The molecule has 2 rings (SSSR count). The van der Waals surface area contributed by atoms with Crippen molar-refractivity contribution in [3.8, 4) is 0 Å². The highest BCUT2D eigenvalue weighted by Crippen LogP contribution is 2.33. The van der Waals surface area contributed by atoms with Gasteiger partial charge in [0.25, 0.3) is 5.91 Å². The summed E-state index contributed by atoms with van der Waals surface area (Å²) in [7, 11) is 0. The molecule has 0 saturated carbocycles. The number of hydrogen-bond donors (Lipinski definition) is 1. The van der Waals surface area contributed by atoms with Gasteiger partial charge in [-0.25, -0.2) is 4.39 Å². The molecule has 0 radical (unpaired) electrons. The van der Waals surface area contributed by atoms with E-state index in [4.69, 9.17) is 0 Å². The van der Waals surface area contributed by atoms with Crippen LogP contribution < -0.4 is 5.32 Å². The molecule has 1 amide bonds. The number of amides is 1. The van der Waals surface area contributed by atoms with Crippen LogP contribution >= 0.6 is 0 Å². The lowest BCUT2D eigenvalue weighted by molar-refractivity contribution is -0.140. The van der Waals surface area contributed by atoms with E-state index in [9.17, 15) is 22.4 Å². The van der Waals surface area contributed by atoms with Gasteiger partial charge in [-0.1, -0.05) is 12.2 Å². The molecule has 1 aromatic heterocycles. The standard InChI is InChI=1S/C14H14F4N2O/c15-11-8-19-7-10(12(11)14(16,17)18)13(21)20-6-9-4-2-1-3-5-9/h1-2,7-9H,3-6H2,(H,20,21). The minimum absolute atomic E-state index is 0.190. The number of rotatable bonds is 3. The largest absolute Gasteiger partial charge is 0.420 e. The lowest BCUT2D eigenvalue weighted by Crippen LogP contribution is -2.31. The van der Waals surface area contributed by atoms with Crippen molar-refractivity contribution in [3.05, 3.63) is 41.5 Å². The smallest absolute Gasteiger partial charge is 0.352 e. The van der Waals surface area contributed by atoms with E-state index >= 15 is 0 Å². The Morgan fingerprint density at radius 2 is 2.10 bits per heavy atom. The third-order valence-electron chi connectivity index (χ3n) is 3.36. The van der Waals surface area contributed by atoms with Crippen LogP contribution in [-0.2, 0) is 6.18 Å². The van der Waals surface area contributed by atoms with E-state index in [0.717, 1.165) is 25.5 Å². The van der Waals surface area contributed by atoms with Crippen LogP contribution in [0.4, 0.5) is 17.6 Å². The van der Waals surface area contributed by atoms with Crippen LogP contribution in [0, 0.1) is 11.7 Å². The molecule has 1 aromatic rings. The molecule has 1 unspecified atom stereocenters. The zero-order chi connectivity index (χ0) is 15.5. The normalized spacial score (nSPS) is 18.6. The summed E-state index contributed by atoms with van der Waals surface area (Å²) < 4.78 is 51.8. The molecule has 0 aliphatic heterocycles. The van der Waals surface area contributed by atoms with Gasteiger partial charge in [0.2, 0.25) is 0 Å².